The van der Waals surface area contributed by atoms with E-state index in [1.54, 1.807) is 36.5 Å². The first-order valence-electron chi connectivity index (χ1n) is 5.87. The van der Waals surface area contributed by atoms with Crippen LogP contribution in [-0.4, -0.2) is 4.98 Å². The minimum atomic E-state index is -0.254. The molecular formula is C15H11ClFNO. The number of aromatic nitrogens is 1. The van der Waals surface area contributed by atoms with Crippen LogP contribution in [0.5, 0.6) is 5.75 Å². The fourth-order valence-electron chi connectivity index (χ4n) is 1.99. The summed E-state index contributed by atoms with van der Waals surface area (Å²) >= 11 is 5.80. The maximum absolute atomic E-state index is 13.5. The molecule has 3 rings (SSSR count). The number of hydrogen-bond donors (Lipinski definition) is 1. The molecule has 1 N–H and O–H groups in total. The Balaban J connectivity index is 1.82. The summed E-state index contributed by atoms with van der Waals surface area (Å²) in [6.07, 6.45) is 1.77. The topological polar surface area (TPSA) is 25.0 Å². The van der Waals surface area contributed by atoms with E-state index in [4.69, 9.17) is 16.3 Å². The molecule has 2 nitrogen and oxygen atoms in total. The second-order valence-corrected chi connectivity index (χ2v) is 4.66. The largest absolute Gasteiger partial charge is 0.489 e. The van der Waals surface area contributed by atoms with E-state index in [0.717, 1.165) is 16.7 Å². The summed E-state index contributed by atoms with van der Waals surface area (Å²) in [5.41, 5.74) is 1.43. The molecule has 2 aromatic carbocycles. The molecule has 3 aromatic rings. The monoisotopic (exact) mass is 275 g/mol. The molecule has 4 heteroatoms. The van der Waals surface area contributed by atoms with E-state index in [2.05, 4.69) is 4.98 Å². The first kappa shape index (κ1) is 12.1. The van der Waals surface area contributed by atoms with Crippen molar-refractivity contribution in [3.8, 4) is 5.75 Å². The van der Waals surface area contributed by atoms with E-state index in [-0.39, 0.29) is 5.82 Å². The number of rotatable bonds is 3. The number of H-pyrrole nitrogens is 1. The maximum Gasteiger partial charge on any atom is 0.147 e. The predicted octanol–water partition coefficient (Wildman–Crippen LogP) is 4.54. The average Bonchev–Trinajstić information content (AvgIpc) is 2.83. The molecule has 0 unspecified atom stereocenters. The third-order valence-electron chi connectivity index (χ3n) is 2.96. The third-order valence-corrected chi connectivity index (χ3v) is 3.21. The smallest absolute Gasteiger partial charge is 0.147 e. The SMILES string of the molecule is Fc1cccc2c(COc3ccc(Cl)cc3)c[nH]c12. The normalized spacial score (nSPS) is 10.8. The van der Waals surface area contributed by atoms with Gasteiger partial charge in [0.25, 0.3) is 0 Å². The lowest BCUT2D eigenvalue weighted by atomic mass is 10.2. The van der Waals surface area contributed by atoms with Gasteiger partial charge in [0.15, 0.2) is 0 Å². The van der Waals surface area contributed by atoms with Crippen LogP contribution in [0.15, 0.2) is 48.7 Å². The molecule has 96 valence electrons. The molecule has 0 aliphatic rings. The van der Waals surface area contributed by atoms with Crippen molar-refractivity contribution < 1.29 is 9.13 Å². The van der Waals surface area contributed by atoms with Crippen LogP contribution in [-0.2, 0) is 6.61 Å². The molecule has 0 spiro atoms. The molecular weight excluding hydrogens is 265 g/mol. The molecule has 0 bridgehead atoms. The number of fused-ring (bicyclic) bond motifs is 1. The van der Waals surface area contributed by atoms with Gasteiger partial charge in [0.2, 0.25) is 0 Å². The molecule has 0 saturated carbocycles. The third kappa shape index (κ3) is 2.42. The van der Waals surface area contributed by atoms with Crippen LogP contribution in [0, 0.1) is 5.82 Å². The van der Waals surface area contributed by atoms with Crippen molar-refractivity contribution in [2.24, 2.45) is 0 Å². The molecule has 19 heavy (non-hydrogen) atoms. The zero-order valence-electron chi connectivity index (χ0n) is 9.99. The molecule has 0 fully saturated rings. The van der Waals surface area contributed by atoms with Crippen molar-refractivity contribution in [3.05, 3.63) is 65.1 Å². The zero-order valence-corrected chi connectivity index (χ0v) is 10.7. The molecule has 0 saturated heterocycles. The van der Waals surface area contributed by atoms with Crippen LogP contribution in [0.2, 0.25) is 5.02 Å². The Bertz CT molecular complexity index is 706. The van der Waals surface area contributed by atoms with Gasteiger partial charge in [-0.05, 0) is 30.3 Å². The Labute approximate surface area is 114 Å². The highest BCUT2D eigenvalue weighted by molar-refractivity contribution is 6.30. The lowest BCUT2D eigenvalue weighted by Gasteiger charge is -2.05. The Morgan fingerprint density at radius 1 is 1.11 bits per heavy atom. The van der Waals surface area contributed by atoms with Gasteiger partial charge in [0.1, 0.15) is 18.2 Å². The minimum Gasteiger partial charge on any atom is -0.489 e. The van der Waals surface area contributed by atoms with E-state index in [0.29, 0.717) is 17.1 Å². The predicted molar refractivity (Wildman–Crippen MR) is 74.0 cm³/mol. The molecule has 0 atom stereocenters. The summed E-state index contributed by atoms with van der Waals surface area (Å²) in [4.78, 5) is 2.93. The Morgan fingerprint density at radius 3 is 2.68 bits per heavy atom. The fourth-order valence-corrected chi connectivity index (χ4v) is 2.11. The van der Waals surface area contributed by atoms with Crippen LogP contribution in [0.1, 0.15) is 5.56 Å². The Hall–Kier alpha value is -2.00. The first-order valence-corrected chi connectivity index (χ1v) is 6.25. The highest BCUT2D eigenvalue weighted by atomic mass is 35.5. The lowest BCUT2D eigenvalue weighted by Crippen LogP contribution is -1.94. The summed E-state index contributed by atoms with van der Waals surface area (Å²) in [5, 5.41) is 1.51. The van der Waals surface area contributed by atoms with E-state index in [1.807, 2.05) is 6.07 Å². The van der Waals surface area contributed by atoms with Crippen molar-refractivity contribution in [2.45, 2.75) is 6.61 Å². The molecule has 0 aliphatic heterocycles. The molecule has 1 aromatic heterocycles. The quantitative estimate of drug-likeness (QED) is 0.746. The van der Waals surface area contributed by atoms with E-state index in [9.17, 15) is 4.39 Å². The van der Waals surface area contributed by atoms with Gasteiger partial charge in [-0.2, -0.15) is 0 Å². The molecule has 0 aliphatic carbocycles. The van der Waals surface area contributed by atoms with Gasteiger partial charge in [0.05, 0.1) is 5.52 Å². The standard InChI is InChI=1S/C15H11ClFNO/c16-11-4-6-12(7-5-11)19-9-10-8-18-15-13(10)2-1-3-14(15)17/h1-8,18H,9H2. The summed E-state index contributed by atoms with van der Waals surface area (Å²) in [5.74, 6) is 0.477. The van der Waals surface area contributed by atoms with Crippen molar-refractivity contribution in [1.82, 2.24) is 4.98 Å². The summed E-state index contributed by atoms with van der Waals surface area (Å²) in [6, 6.07) is 12.1. The second kappa shape index (κ2) is 4.94. The first-order chi connectivity index (χ1) is 9.24. The van der Waals surface area contributed by atoms with E-state index < -0.39 is 0 Å². The molecule has 0 amide bonds. The van der Waals surface area contributed by atoms with Crippen molar-refractivity contribution in [2.75, 3.05) is 0 Å². The van der Waals surface area contributed by atoms with Gasteiger partial charge in [-0.25, -0.2) is 4.39 Å². The fraction of sp³-hybridized carbons (Fsp3) is 0.0667. The number of aromatic amines is 1. The maximum atomic E-state index is 13.5. The van der Waals surface area contributed by atoms with E-state index >= 15 is 0 Å². The highest BCUT2D eigenvalue weighted by Gasteiger charge is 2.07. The van der Waals surface area contributed by atoms with Crippen LogP contribution in [0.4, 0.5) is 4.39 Å². The number of para-hydroxylation sites is 1. The van der Waals surface area contributed by atoms with E-state index in [1.165, 1.54) is 6.07 Å². The van der Waals surface area contributed by atoms with Crippen molar-refractivity contribution in [3.63, 3.8) is 0 Å². The van der Waals surface area contributed by atoms with Crippen molar-refractivity contribution in [1.29, 1.82) is 0 Å². The zero-order chi connectivity index (χ0) is 13.2. The number of nitrogens with one attached hydrogen (secondary N) is 1. The van der Waals surface area contributed by atoms with Gasteiger partial charge in [-0.3, -0.25) is 0 Å². The van der Waals surface area contributed by atoms with Crippen LogP contribution >= 0.6 is 11.6 Å². The van der Waals surface area contributed by atoms with Crippen LogP contribution in [0.3, 0.4) is 0 Å². The average molecular weight is 276 g/mol. The Morgan fingerprint density at radius 2 is 1.89 bits per heavy atom. The molecule has 1 heterocycles. The lowest BCUT2D eigenvalue weighted by molar-refractivity contribution is 0.307. The summed E-state index contributed by atoms with van der Waals surface area (Å²) < 4.78 is 19.2. The van der Waals surface area contributed by atoms with Crippen LogP contribution < -0.4 is 4.74 Å². The summed E-state index contributed by atoms with van der Waals surface area (Å²) in [7, 11) is 0. The summed E-state index contributed by atoms with van der Waals surface area (Å²) in [6.45, 7) is 0.380. The van der Waals surface area contributed by atoms with Crippen LogP contribution in [0.25, 0.3) is 10.9 Å². The number of benzene rings is 2. The van der Waals surface area contributed by atoms with Gasteiger partial charge in [-0.15, -0.1) is 0 Å². The number of hydrogen-bond acceptors (Lipinski definition) is 1. The number of ether oxygens (including phenoxy) is 1. The Kier molecular flexibility index (Phi) is 3.13. The van der Waals surface area contributed by atoms with Gasteiger partial charge in [-0.1, -0.05) is 23.7 Å². The molecule has 0 radical (unpaired) electrons. The van der Waals surface area contributed by atoms with Crippen molar-refractivity contribution >= 4 is 22.5 Å². The van der Waals surface area contributed by atoms with Gasteiger partial charge >= 0.3 is 0 Å². The van der Waals surface area contributed by atoms with Gasteiger partial charge < -0.3 is 9.72 Å². The minimum absolute atomic E-state index is 0.254. The highest BCUT2D eigenvalue weighted by Crippen LogP contribution is 2.23. The second-order valence-electron chi connectivity index (χ2n) is 4.22. The van der Waals surface area contributed by atoms with Gasteiger partial charge in [0, 0.05) is 22.2 Å². The number of halogens is 2.